The monoisotopic (exact) mass is 679 g/mol. The highest BCUT2D eigenvalue weighted by Crippen LogP contribution is 2.33. The van der Waals surface area contributed by atoms with Gasteiger partial charge >= 0.3 is 0 Å². The fraction of sp³-hybridized carbons (Fsp3) is 0.156. The summed E-state index contributed by atoms with van der Waals surface area (Å²) in [6.45, 7) is 2.36. The highest BCUT2D eigenvalue weighted by molar-refractivity contribution is 9.10. The minimum absolute atomic E-state index is 0.0763. The average molecular weight is 681 g/mol. The minimum atomic E-state index is -0.255. The van der Waals surface area contributed by atoms with E-state index in [2.05, 4.69) is 26.2 Å². The maximum absolute atomic E-state index is 12.6. The van der Waals surface area contributed by atoms with Crippen LogP contribution < -0.4 is 10.1 Å². The lowest BCUT2D eigenvalue weighted by atomic mass is 10.1. The van der Waals surface area contributed by atoms with Crippen molar-refractivity contribution >= 4 is 62.7 Å². The summed E-state index contributed by atoms with van der Waals surface area (Å²) in [6.07, 6.45) is 6.89. The Labute approximate surface area is 267 Å². The van der Waals surface area contributed by atoms with Crippen molar-refractivity contribution in [3.05, 3.63) is 122 Å². The van der Waals surface area contributed by atoms with Crippen LogP contribution in [0.5, 0.6) is 5.75 Å². The molecule has 0 atom stereocenters. The summed E-state index contributed by atoms with van der Waals surface area (Å²) < 4.78 is 10.7. The topological polar surface area (TPSA) is 80.9 Å². The van der Waals surface area contributed by atoms with E-state index in [9.17, 15) is 9.59 Å². The maximum atomic E-state index is 12.6. The largest absolute Gasteiger partial charge is 0.487 e. The molecule has 11 heteroatoms. The zero-order valence-electron chi connectivity index (χ0n) is 23.6. The van der Waals surface area contributed by atoms with Crippen LogP contribution in [0.3, 0.4) is 0 Å². The van der Waals surface area contributed by atoms with Gasteiger partial charge in [0.1, 0.15) is 22.6 Å². The van der Waals surface area contributed by atoms with Crippen molar-refractivity contribution in [2.45, 2.75) is 20.1 Å². The molecule has 0 aliphatic rings. The Morgan fingerprint density at radius 3 is 2.58 bits per heavy atom. The molecule has 5 aromatic rings. The number of aromatic nitrogens is 3. The molecule has 0 aliphatic carbocycles. The molecule has 0 radical (unpaired) electrons. The lowest BCUT2D eigenvalue weighted by Crippen LogP contribution is -2.22. The smallest absolute Gasteiger partial charge is 0.253 e. The number of benzene rings is 2. The van der Waals surface area contributed by atoms with Gasteiger partial charge in [0, 0.05) is 48.2 Å². The first kappa shape index (κ1) is 30.4. The van der Waals surface area contributed by atoms with Crippen LogP contribution in [-0.2, 0) is 17.9 Å². The molecule has 0 fully saturated rings. The van der Waals surface area contributed by atoms with E-state index in [1.54, 1.807) is 50.5 Å². The van der Waals surface area contributed by atoms with Crippen LogP contribution in [0.1, 0.15) is 32.9 Å². The molecule has 0 spiro atoms. The third-order valence-corrected chi connectivity index (χ3v) is 8.50. The van der Waals surface area contributed by atoms with Gasteiger partial charge in [0.15, 0.2) is 0 Å². The number of rotatable bonds is 9. The van der Waals surface area contributed by atoms with Gasteiger partial charge in [-0.25, -0.2) is 4.98 Å². The number of amides is 2. The Balaban J connectivity index is 1.25. The zero-order chi connectivity index (χ0) is 30.7. The SMILES string of the molecule is Cc1nc2ccc(OCc3c(Cl)ccc(-n4cccc4CNC(=O)C=Cc4ccc(C(=O)N(C)C)cc4)c3Cl)cn2c1Br. The molecule has 1 N–H and O–H groups in total. The normalized spacial score (nSPS) is 11.3. The third-order valence-electron chi connectivity index (χ3n) is 6.77. The Hall–Kier alpha value is -4.05. The molecule has 0 saturated heterocycles. The minimum Gasteiger partial charge on any atom is -0.487 e. The van der Waals surface area contributed by atoms with Gasteiger partial charge in [0.25, 0.3) is 5.91 Å². The molecule has 2 aromatic carbocycles. The zero-order valence-corrected chi connectivity index (χ0v) is 26.7. The molecule has 43 heavy (non-hydrogen) atoms. The van der Waals surface area contributed by atoms with E-state index in [1.807, 2.05) is 58.6 Å². The summed E-state index contributed by atoms with van der Waals surface area (Å²) in [6, 6.07) is 18.2. The number of hydrogen-bond donors (Lipinski definition) is 1. The summed E-state index contributed by atoms with van der Waals surface area (Å²) in [5, 5.41) is 3.85. The number of ether oxygens (including phenoxy) is 1. The van der Waals surface area contributed by atoms with E-state index in [-0.39, 0.29) is 25.0 Å². The second-order valence-electron chi connectivity index (χ2n) is 9.97. The summed E-state index contributed by atoms with van der Waals surface area (Å²) in [4.78, 5) is 30.6. The number of carbonyl (C=O) groups is 2. The number of pyridine rings is 1. The van der Waals surface area contributed by atoms with Gasteiger partial charge in [-0.05, 0) is 83.0 Å². The molecule has 0 unspecified atom stereocenters. The lowest BCUT2D eigenvalue weighted by Gasteiger charge is -2.16. The fourth-order valence-corrected chi connectivity index (χ4v) is 5.40. The molecular formula is C32H28BrCl2N5O3. The van der Waals surface area contributed by atoms with Gasteiger partial charge in [-0.3, -0.25) is 14.0 Å². The van der Waals surface area contributed by atoms with Gasteiger partial charge in [0.2, 0.25) is 5.91 Å². The van der Waals surface area contributed by atoms with Crippen LogP contribution in [0.4, 0.5) is 0 Å². The van der Waals surface area contributed by atoms with Crippen LogP contribution in [0, 0.1) is 6.92 Å². The number of carbonyl (C=O) groups excluding carboxylic acids is 2. The molecule has 2 amide bonds. The number of hydrogen-bond acceptors (Lipinski definition) is 4. The summed E-state index contributed by atoms with van der Waals surface area (Å²) in [7, 11) is 3.41. The van der Waals surface area contributed by atoms with E-state index in [0.29, 0.717) is 32.6 Å². The first-order valence-corrected chi connectivity index (χ1v) is 14.9. The Morgan fingerprint density at radius 1 is 1.07 bits per heavy atom. The number of fused-ring (bicyclic) bond motifs is 1. The second-order valence-corrected chi connectivity index (χ2v) is 11.5. The molecule has 3 heterocycles. The predicted molar refractivity (Wildman–Crippen MR) is 173 cm³/mol. The predicted octanol–water partition coefficient (Wildman–Crippen LogP) is 7.11. The summed E-state index contributed by atoms with van der Waals surface area (Å²) in [5.74, 6) is 0.306. The summed E-state index contributed by atoms with van der Waals surface area (Å²) in [5.41, 5.74) is 5.28. The second kappa shape index (κ2) is 13.1. The van der Waals surface area contributed by atoms with Gasteiger partial charge < -0.3 is 19.5 Å². The van der Waals surface area contributed by atoms with Crippen molar-refractivity contribution in [2.24, 2.45) is 0 Å². The maximum Gasteiger partial charge on any atom is 0.253 e. The number of nitrogens with zero attached hydrogens (tertiary/aromatic N) is 4. The molecular weight excluding hydrogens is 653 g/mol. The molecule has 0 bridgehead atoms. The van der Waals surface area contributed by atoms with Crippen LogP contribution in [0.2, 0.25) is 10.0 Å². The third kappa shape index (κ3) is 6.80. The highest BCUT2D eigenvalue weighted by Gasteiger charge is 2.16. The first-order chi connectivity index (χ1) is 20.6. The van der Waals surface area contributed by atoms with Crippen molar-refractivity contribution in [1.82, 2.24) is 24.2 Å². The fourth-order valence-electron chi connectivity index (χ4n) is 4.46. The number of imidazole rings is 1. The molecule has 0 saturated carbocycles. The molecule has 220 valence electrons. The van der Waals surface area contributed by atoms with Crippen LogP contribution in [-0.4, -0.2) is 44.8 Å². The van der Waals surface area contributed by atoms with E-state index in [0.717, 1.165) is 27.2 Å². The van der Waals surface area contributed by atoms with E-state index < -0.39 is 0 Å². The van der Waals surface area contributed by atoms with E-state index in [4.69, 9.17) is 27.9 Å². The van der Waals surface area contributed by atoms with Crippen molar-refractivity contribution < 1.29 is 14.3 Å². The molecule has 0 aliphatic heterocycles. The Morgan fingerprint density at radius 2 is 1.84 bits per heavy atom. The van der Waals surface area contributed by atoms with Gasteiger partial charge in [-0.1, -0.05) is 35.3 Å². The average Bonchev–Trinajstić information content (AvgIpc) is 3.58. The van der Waals surface area contributed by atoms with Crippen molar-refractivity contribution in [1.29, 1.82) is 0 Å². The number of aryl methyl sites for hydroxylation is 1. The van der Waals surface area contributed by atoms with Crippen LogP contribution in [0.25, 0.3) is 17.4 Å². The van der Waals surface area contributed by atoms with Crippen molar-refractivity contribution in [3.8, 4) is 11.4 Å². The van der Waals surface area contributed by atoms with Crippen molar-refractivity contribution in [3.63, 3.8) is 0 Å². The van der Waals surface area contributed by atoms with E-state index in [1.165, 1.54) is 11.0 Å². The summed E-state index contributed by atoms with van der Waals surface area (Å²) >= 11 is 17.0. The van der Waals surface area contributed by atoms with Crippen molar-refractivity contribution in [2.75, 3.05) is 14.1 Å². The molecule has 3 aromatic heterocycles. The first-order valence-electron chi connectivity index (χ1n) is 13.3. The highest BCUT2D eigenvalue weighted by atomic mass is 79.9. The lowest BCUT2D eigenvalue weighted by molar-refractivity contribution is -0.116. The molecule has 8 nitrogen and oxygen atoms in total. The molecule has 5 rings (SSSR count). The number of halogens is 3. The van der Waals surface area contributed by atoms with Gasteiger partial charge in [-0.2, -0.15) is 0 Å². The van der Waals surface area contributed by atoms with Crippen LogP contribution >= 0.6 is 39.1 Å². The standard InChI is InChI=1S/C32H28BrCl2N5O3/c1-20-31(33)40-18-24(11-14-28(40)37-20)43-19-25-26(34)12-13-27(30(25)35)39-16-4-5-23(39)17-36-29(41)15-8-21-6-9-22(10-7-21)32(42)38(2)3/h4-16,18H,17,19H2,1-3H3,(H,36,41). The van der Waals surface area contributed by atoms with Gasteiger partial charge in [-0.15, -0.1) is 0 Å². The Bertz CT molecular complexity index is 1840. The quantitative estimate of drug-likeness (QED) is 0.168. The van der Waals surface area contributed by atoms with E-state index >= 15 is 0 Å². The van der Waals surface area contributed by atoms with Crippen LogP contribution in [0.15, 0.2) is 83.7 Å². The number of nitrogens with one attached hydrogen (secondary N) is 1. The van der Waals surface area contributed by atoms with Gasteiger partial charge in [0.05, 0.1) is 29.1 Å². The Kier molecular flexibility index (Phi) is 9.25.